The average molecular weight is 485 g/mol. The van der Waals surface area contributed by atoms with Gasteiger partial charge in [0.25, 0.3) is 0 Å². The standard InChI is InChI=1S/C20H30N2O4S.C2H2O4/c1-5-25-20(24)18-15-7-6-12(2)8-16(15)27-19(18)21-17(23)11-22-9-13(3)26-14(4)10-22;3-1(4)2(5)6/h12-14H,5-11H2,1-4H3,(H,21,23);(H,3,4)(H,5,6). The first-order valence-electron chi connectivity index (χ1n) is 11.0. The zero-order valence-electron chi connectivity index (χ0n) is 19.4. The molecule has 3 rings (SSSR count). The van der Waals surface area contributed by atoms with Crippen LogP contribution in [0.3, 0.4) is 0 Å². The lowest BCUT2D eigenvalue weighted by atomic mass is 9.88. The molecule has 1 amide bonds. The molecule has 0 spiro atoms. The Morgan fingerprint density at radius 3 is 2.27 bits per heavy atom. The molecule has 10 nitrogen and oxygen atoms in total. The number of nitrogens with zero attached hydrogens (tertiary/aromatic N) is 1. The summed E-state index contributed by atoms with van der Waals surface area (Å²) in [4.78, 5) is 46.7. The molecular weight excluding hydrogens is 452 g/mol. The SMILES string of the molecule is CCOC(=O)c1c(NC(=O)CN2CC(C)OC(C)C2)sc2c1CCC(C)C2.O=C(O)C(=O)O. The Morgan fingerprint density at radius 1 is 1.12 bits per heavy atom. The lowest BCUT2D eigenvalue weighted by molar-refractivity contribution is -0.159. The minimum atomic E-state index is -1.82. The van der Waals surface area contributed by atoms with Crippen molar-refractivity contribution in [2.75, 3.05) is 31.6 Å². The monoisotopic (exact) mass is 484 g/mol. The number of carboxylic acids is 2. The number of nitrogens with one attached hydrogen (secondary N) is 1. The summed E-state index contributed by atoms with van der Waals surface area (Å²) in [6, 6.07) is 0. The largest absolute Gasteiger partial charge is 0.473 e. The van der Waals surface area contributed by atoms with Crippen molar-refractivity contribution in [2.24, 2.45) is 5.92 Å². The minimum absolute atomic E-state index is 0.0894. The third-order valence-electron chi connectivity index (χ3n) is 5.29. The van der Waals surface area contributed by atoms with Crippen LogP contribution in [0.2, 0.25) is 0 Å². The third-order valence-corrected chi connectivity index (χ3v) is 6.46. The number of hydrogen-bond acceptors (Lipinski definition) is 8. The number of thiophene rings is 1. The van der Waals surface area contributed by atoms with Gasteiger partial charge in [0, 0.05) is 18.0 Å². The smallest absolute Gasteiger partial charge is 0.414 e. The number of carbonyl (C=O) groups is 4. The van der Waals surface area contributed by atoms with E-state index in [0.717, 1.165) is 37.9 Å². The van der Waals surface area contributed by atoms with Crippen molar-refractivity contribution in [3.63, 3.8) is 0 Å². The van der Waals surface area contributed by atoms with Crippen LogP contribution in [0, 0.1) is 5.92 Å². The van der Waals surface area contributed by atoms with Crippen molar-refractivity contribution in [3.8, 4) is 0 Å². The number of hydrogen-bond donors (Lipinski definition) is 3. The van der Waals surface area contributed by atoms with E-state index in [4.69, 9.17) is 29.3 Å². The van der Waals surface area contributed by atoms with Gasteiger partial charge in [-0.2, -0.15) is 0 Å². The molecule has 0 saturated carbocycles. The van der Waals surface area contributed by atoms with Gasteiger partial charge < -0.3 is 25.0 Å². The summed E-state index contributed by atoms with van der Waals surface area (Å²) in [5.41, 5.74) is 1.64. The van der Waals surface area contributed by atoms with Crippen LogP contribution in [0.4, 0.5) is 5.00 Å². The molecule has 3 atom stereocenters. The number of carboxylic acid groups (broad SMARTS) is 2. The molecule has 1 aliphatic carbocycles. The molecule has 11 heteroatoms. The lowest BCUT2D eigenvalue weighted by Crippen LogP contribution is -2.48. The van der Waals surface area contributed by atoms with E-state index < -0.39 is 11.9 Å². The normalized spacial score (nSPS) is 22.4. The molecule has 3 unspecified atom stereocenters. The molecule has 184 valence electrons. The van der Waals surface area contributed by atoms with E-state index in [1.165, 1.54) is 16.2 Å². The van der Waals surface area contributed by atoms with Crippen molar-refractivity contribution in [1.82, 2.24) is 4.90 Å². The summed E-state index contributed by atoms with van der Waals surface area (Å²) in [5.74, 6) is -3.46. The predicted molar refractivity (Wildman–Crippen MR) is 122 cm³/mol. The minimum Gasteiger partial charge on any atom is -0.473 e. The van der Waals surface area contributed by atoms with E-state index in [0.29, 0.717) is 29.6 Å². The Bertz CT molecular complexity index is 862. The fourth-order valence-corrected chi connectivity index (χ4v) is 5.46. The number of morpholine rings is 1. The summed E-state index contributed by atoms with van der Waals surface area (Å²) in [5, 5.41) is 18.4. The molecule has 1 saturated heterocycles. The third kappa shape index (κ3) is 7.79. The molecule has 1 fully saturated rings. The van der Waals surface area contributed by atoms with Gasteiger partial charge in [-0.1, -0.05) is 6.92 Å². The Hall–Kier alpha value is -2.50. The van der Waals surface area contributed by atoms with E-state index in [9.17, 15) is 9.59 Å². The molecule has 2 heterocycles. The van der Waals surface area contributed by atoms with Crippen LogP contribution in [-0.4, -0.2) is 77.4 Å². The number of aliphatic carboxylic acids is 2. The van der Waals surface area contributed by atoms with Crippen LogP contribution in [-0.2, 0) is 36.7 Å². The van der Waals surface area contributed by atoms with Crippen LogP contribution in [0.25, 0.3) is 0 Å². The molecule has 1 aliphatic heterocycles. The molecular formula is C22H32N2O8S. The maximum atomic E-state index is 12.7. The maximum absolute atomic E-state index is 12.7. The Morgan fingerprint density at radius 2 is 1.73 bits per heavy atom. The summed E-state index contributed by atoms with van der Waals surface area (Å²) < 4.78 is 11.0. The molecule has 1 aromatic heterocycles. The van der Waals surface area contributed by atoms with E-state index >= 15 is 0 Å². The summed E-state index contributed by atoms with van der Waals surface area (Å²) in [6.07, 6.45) is 3.13. The Balaban J connectivity index is 0.000000569. The van der Waals surface area contributed by atoms with Crippen molar-refractivity contribution in [2.45, 2.75) is 59.2 Å². The van der Waals surface area contributed by atoms with Gasteiger partial charge in [0.05, 0.1) is 30.9 Å². The van der Waals surface area contributed by atoms with Crippen LogP contribution in [0.5, 0.6) is 0 Å². The van der Waals surface area contributed by atoms with Gasteiger partial charge in [0.15, 0.2) is 0 Å². The summed E-state index contributed by atoms with van der Waals surface area (Å²) >= 11 is 1.54. The quantitative estimate of drug-likeness (QED) is 0.423. The Labute approximate surface area is 196 Å². The average Bonchev–Trinajstić information content (AvgIpc) is 3.04. The van der Waals surface area contributed by atoms with E-state index in [-0.39, 0.29) is 24.1 Å². The van der Waals surface area contributed by atoms with E-state index in [2.05, 4.69) is 17.1 Å². The second-order valence-electron chi connectivity index (χ2n) is 8.39. The number of ether oxygens (including phenoxy) is 2. The van der Waals surface area contributed by atoms with Crippen molar-refractivity contribution < 1.29 is 38.9 Å². The summed E-state index contributed by atoms with van der Waals surface area (Å²) in [6.45, 7) is 10.2. The van der Waals surface area contributed by atoms with Gasteiger partial charge in [-0.15, -0.1) is 11.3 Å². The second kappa shape index (κ2) is 12.1. The predicted octanol–water partition coefficient (Wildman–Crippen LogP) is 2.25. The lowest BCUT2D eigenvalue weighted by Gasteiger charge is -2.34. The highest BCUT2D eigenvalue weighted by atomic mass is 32.1. The Kier molecular flexibility index (Phi) is 9.81. The first-order valence-corrected chi connectivity index (χ1v) is 11.8. The fourth-order valence-electron chi connectivity index (χ4n) is 4.04. The highest BCUT2D eigenvalue weighted by Crippen LogP contribution is 2.40. The topological polar surface area (TPSA) is 142 Å². The van der Waals surface area contributed by atoms with Crippen molar-refractivity contribution in [1.29, 1.82) is 0 Å². The highest BCUT2D eigenvalue weighted by molar-refractivity contribution is 7.17. The summed E-state index contributed by atoms with van der Waals surface area (Å²) in [7, 11) is 0. The molecule has 0 aromatic carbocycles. The number of carbonyl (C=O) groups excluding carboxylic acids is 2. The van der Waals surface area contributed by atoms with Crippen LogP contribution < -0.4 is 5.32 Å². The number of anilines is 1. The van der Waals surface area contributed by atoms with Gasteiger partial charge in [0.2, 0.25) is 5.91 Å². The van der Waals surface area contributed by atoms with Crippen LogP contribution in [0.15, 0.2) is 0 Å². The van der Waals surface area contributed by atoms with Crippen LogP contribution >= 0.6 is 11.3 Å². The first kappa shape index (κ1) is 26.7. The fraction of sp³-hybridized carbons (Fsp3) is 0.636. The second-order valence-corrected chi connectivity index (χ2v) is 9.49. The van der Waals surface area contributed by atoms with Gasteiger partial charge in [-0.3, -0.25) is 9.69 Å². The number of amides is 1. The maximum Gasteiger partial charge on any atom is 0.414 e. The zero-order chi connectivity index (χ0) is 24.7. The van der Waals surface area contributed by atoms with Gasteiger partial charge in [-0.25, -0.2) is 14.4 Å². The molecule has 3 N–H and O–H groups in total. The van der Waals surface area contributed by atoms with Gasteiger partial charge in [0.1, 0.15) is 5.00 Å². The molecule has 33 heavy (non-hydrogen) atoms. The number of esters is 1. The molecule has 1 aromatic rings. The van der Waals surface area contributed by atoms with E-state index in [1.807, 2.05) is 13.8 Å². The van der Waals surface area contributed by atoms with E-state index in [1.54, 1.807) is 6.92 Å². The van der Waals surface area contributed by atoms with Crippen LogP contribution in [0.1, 0.15) is 54.9 Å². The molecule has 0 bridgehead atoms. The number of rotatable bonds is 5. The number of fused-ring (bicyclic) bond motifs is 1. The molecule has 2 aliphatic rings. The first-order chi connectivity index (χ1) is 15.5. The van der Waals surface area contributed by atoms with Crippen molar-refractivity contribution in [3.05, 3.63) is 16.0 Å². The zero-order valence-corrected chi connectivity index (χ0v) is 20.2. The van der Waals surface area contributed by atoms with Crippen molar-refractivity contribution >= 4 is 40.2 Å². The molecule has 0 radical (unpaired) electrons. The van der Waals surface area contributed by atoms with Gasteiger partial charge >= 0.3 is 17.9 Å². The highest BCUT2D eigenvalue weighted by Gasteiger charge is 2.30. The van der Waals surface area contributed by atoms with Gasteiger partial charge in [-0.05, 0) is 51.5 Å².